The molecule has 7 nitrogen and oxygen atoms in total. The van der Waals surface area contributed by atoms with Crippen molar-refractivity contribution in [3.63, 3.8) is 0 Å². The Balaban J connectivity index is 1.78. The van der Waals surface area contributed by atoms with E-state index >= 15 is 0 Å². The molecule has 22 heavy (non-hydrogen) atoms. The van der Waals surface area contributed by atoms with Gasteiger partial charge < -0.3 is 24.3 Å². The smallest absolute Gasteiger partial charge is 0.332 e. The summed E-state index contributed by atoms with van der Waals surface area (Å²) in [5.74, 6) is 0.409. The predicted molar refractivity (Wildman–Crippen MR) is 76.5 cm³/mol. The molecule has 1 N–H and O–H groups in total. The molecule has 1 aromatic carbocycles. The number of amides is 1. The molecule has 120 valence electrons. The highest BCUT2D eigenvalue weighted by Gasteiger charge is 2.18. The van der Waals surface area contributed by atoms with Crippen LogP contribution in [0, 0.1) is 0 Å². The van der Waals surface area contributed by atoms with E-state index in [4.69, 9.17) is 18.9 Å². The van der Waals surface area contributed by atoms with Crippen LogP contribution in [-0.4, -0.2) is 38.0 Å². The van der Waals surface area contributed by atoms with Crippen molar-refractivity contribution in [2.75, 3.05) is 20.0 Å². The van der Waals surface area contributed by atoms with Crippen LogP contribution in [0.3, 0.4) is 0 Å². The number of ether oxygens (including phenoxy) is 4. The Bertz CT molecular complexity index is 545. The van der Waals surface area contributed by atoms with Crippen molar-refractivity contribution in [2.24, 2.45) is 0 Å². The molecule has 0 saturated carbocycles. The molecule has 7 heteroatoms. The lowest BCUT2D eigenvalue weighted by atomic mass is 10.2. The number of fused-ring (bicyclic) bond motifs is 1. The van der Waals surface area contributed by atoms with Gasteiger partial charge >= 0.3 is 5.97 Å². The lowest BCUT2D eigenvalue weighted by Crippen LogP contribution is -2.36. The van der Waals surface area contributed by atoms with Crippen molar-refractivity contribution in [3.8, 4) is 11.5 Å². The first-order chi connectivity index (χ1) is 10.6. The van der Waals surface area contributed by atoms with E-state index in [0.29, 0.717) is 24.7 Å². The summed E-state index contributed by atoms with van der Waals surface area (Å²) in [4.78, 5) is 23.2. The third kappa shape index (κ3) is 4.36. The lowest BCUT2D eigenvalue weighted by Gasteiger charge is -2.13. The summed E-state index contributed by atoms with van der Waals surface area (Å²) in [6, 6.07) is 5.42. The molecule has 0 aliphatic carbocycles. The standard InChI is InChI=1S/C15H19NO6/c1-3-19-8-14(17)22-10(2)15(18)16-7-11-4-5-12-13(6-11)21-9-20-12/h4-6,10H,3,7-9H2,1-2H3,(H,16,18)/t10-/m1/s1. The monoisotopic (exact) mass is 309 g/mol. The number of rotatable bonds is 7. The maximum Gasteiger partial charge on any atom is 0.332 e. The molecule has 1 aromatic rings. The summed E-state index contributed by atoms with van der Waals surface area (Å²) in [6.45, 7) is 4.06. The van der Waals surface area contributed by atoms with Crippen molar-refractivity contribution in [3.05, 3.63) is 23.8 Å². The fourth-order valence-electron chi connectivity index (χ4n) is 1.85. The quantitative estimate of drug-likeness (QED) is 0.757. The van der Waals surface area contributed by atoms with Gasteiger partial charge in [-0.1, -0.05) is 6.07 Å². The summed E-state index contributed by atoms with van der Waals surface area (Å²) in [7, 11) is 0. The van der Waals surface area contributed by atoms with Gasteiger partial charge in [0, 0.05) is 13.2 Å². The molecular weight excluding hydrogens is 290 g/mol. The molecule has 1 atom stereocenters. The van der Waals surface area contributed by atoms with Crippen molar-refractivity contribution in [1.82, 2.24) is 5.32 Å². The van der Waals surface area contributed by atoms with E-state index in [1.807, 2.05) is 6.07 Å². The highest BCUT2D eigenvalue weighted by Crippen LogP contribution is 2.32. The molecule has 2 rings (SSSR count). The number of hydrogen-bond acceptors (Lipinski definition) is 6. The van der Waals surface area contributed by atoms with Crippen molar-refractivity contribution >= 4 is 11.9 Å². The van der Waals surface area contributed by atoms with E-state index in [0.717, 1.165) is 5.56 Å². The van der Waals surface area contributed by atoms with Crippen LogP contribution < -0.4 is 14.8 Å². The zero-order valence-corrected chi connectivity index (χ0v) is 12.6. The Labute approximate surface area is 128 Å². The number of nitrogens with one attached hydrogen (secondary N) is 1. The van der Waals surface area contributed by atoms with Gasteiger partial charge in [0.2, 0.25) is 6.79 Å². The number of carbonyl (C=O) groups excluding carboxylic acids is 2. The second-order valence-corrected chi connectivity index (χ2v) is 4.67. The van der Waals surface area contributed by atoms with Crippen LogP contribution in [0.25, 0.3) is 0 Å². The van der Waals surface area contributed by atoms with Crippen LogP contribution in [0.15, 0.2) is 18.2 Å². The van der Waals surface area contributed by atoms with Crippen LogP contribution in [0.1, 0.15) is 19.4 Å². The minimum Gasteiger partial charge on any atom is -0.454 e. The molecule has 0 saturated heterocycles. The first-order valence-electron chi connectivity index (χ1n) is 7.03. The molecule has 0 aromatic heterocycles. The SMILES string of the molecule is CCOCC(=O)O[C@H](C)C(=O)NCc1ccc2c(c1)OCO2. The van der Waals surface area contributed by atoms with E-state index in [1.165, 1.54) is 6.92 Å². The van der Waals surface area contributed by atoms with Crippen LogP contribution in [0.4, 0.5) is 0 Å². The number of esters is 1. The maximum absolute atomic E-state index is 11.9. The average Bonchev–Trinajstić information content (AvgIpc) is 2.98. The number of benzene rings is 1. The zero-order valence-electron chi connectivity index (χ0n) is 12.6. The van der Waals surface area contributed by atoms with Gasteiger partial charge in [0.05, 0.1) is 0 Å². The third-order valence-corrected chi connectivity index (χ3v) is 3.01. The molecular formula is C15H19NO6. The predicted octanol–water partition coefficient (Wildman–Crippen LogP) is 1.000. The summed E-state index contributed by atoms with van der Waals surface area (Å²) < 4.78 is 20.4. The van der Waals surface area contributed by atoms with Gasteiger partial charge in [0.15, 0.2) is 17.6 Å². The van der Waals surface area contributed by atoms with E-state index in [9.17, 15) is 9.59 Å². The summed E-state index contributed by atoms with van der Waals surface area (Å²) in [6.07, 6.45) is -0.873. The van der Waals surface area contributed by atoms with Gasteiger partial charge in [-0.2, -0.15) is 0 Å². The van der Waals surface area contributed by atoms with Gasteiger partial charge in [-0.15, -0.1) is 0 Å². The second-order valence-electron chi connectivity index (χ2n) is 4.67. The Hall–Kier alpha value is -2.28. The number of hydrogen-bond donors (Lipinski definition) is 1. The van der Waals surface area contributed by atoms with Gasteiger partial charge in [0.1, 0.15) is 6.61 Å². The molecule has 0 radical (unpaired) electrons. The summed E-state index contributed by atoms with van der Waals surface area (Å²) in [5, 5.41) is 2.70. The Morgan fingerprint density at radius 3 is 2.86 bits per heavy atom. The maximum atomic E-state index is 11.9. The van der Waals surface area contributed by atoms with Crippen LogP contribution in [0.5, 0.6) is 11.5 Å². The second kappa shape index (κ2) is 7.65. The molecule has 1 amide bonds. The summed E-state index contributed by atoms with van der Waals surface area (Å²) in [5.41, 5.74) is 0.866. The summed E-state index contributed by atoms with van der Waals surface area (Å²) >= 11 is 0. The van der Waals surface area contributed by atoms with Crippen LogP contribution in [0.2, 0.25) is 0 Å². The zero-order chi connectivity index (χ0) is 15.9. The van der Waals surface area contributed by atoms with Crippen molar-refractivity contribution in [2.45, 2.75) is 26.5 Å². The molecule has 0 fully saturated rings. The molecule has 1 heterocycles. The lowest BCUT2D eigenvalue weighted by molar-refractivity contribution is -0.158. The first kappa shape index (κ1) is 16.1. The molecule has 0 spiro atoms. The fraction of sp³-hybridized carbons (Fsp3) is 0.467. The Morgan fingerprint density at radius 1 is 1.32 bits per heavy atom. The van der Waals surface area contributed by atoms with Crippen LogP contribution in [-0.2, 0) is 25.6 Å². The minimum absolute atomic E-state index is 0.156. The van der Waals surface area contributed by atoms with Gasteiger partial charge in [-0.05, 0) is 31.5 Å². The highest BCUT2D eigenvalue weighted by atomic mass is 16.7. The average molecular weight is 309 g/mol. The van der Waals surface area contributed by atoms with Gasteiger partial charge in [0.25, 0.3) is 5.91 Å². The Morgan fingerprint density at radius 2 is 2.09 bits per heavy atom. The normalized spacial score (nSPS) is 13.5. The molecule has 1 aliphatic rings. The van der Waals surface area contributed by atoms with Crippen LogP contribution >= 0.6 is 0 Å². The topological polar surface area (TPSA) is 83.1 Å². The van der Waals surface area contributed by atoms with E-state index in [2.05, 4.69) is 5.32 Å². The highest BCUT2D eigenvalue weighted by molar-refractivity contribution is 5.83. The van der Waals surface area contributed by atoms with Gasteiger partial charge in [-0.25, -0.2) is 4.79 Å². The van der Waals surface area contributed by atoms with E-state index in [-0.39, 0.29) is 19.3 Å². The minimum atomic E-state index is -0.873. The van der Waals surface area contributed by atoms with Crippen molar-refractivity contribution in [1.29, 1.82) is 0 Å². The third-order valence-electron chi connectivity index (χ3n) is 3.01. The number of carbonyl (C=O) groups is 2. The molecule has 0 bridgehead atoms. The first-order valence-corrected chi connectivity index (χ1v) is 7.03. The molecule has 1 aliphatic heterocycles. The van der Waals surface area contributed by atoms with E-state index < -0.39 is 12.1 Å². The fourth-order valence-corrected chi connectivity index (χ4v) is 1.85. The van der Waals surface area contributed by atoms with Gasteiger partial charge in [-0.3, -0.25) is 4.79 Å². The largest absolute Gasteiger partial charge is 0.454 e. The van der Waals surface area contributed by atoms with Crippen molar-refractivity contribution < 1.29 is 28.5 Å². The molecule has 0 unspecified atom stereocenters. The van der Waals surface area contributed by atoms with E-state index in [1.54, 1.807) is 19.1 Å². The Kier molecular flexibility index (Phi) is 5.60.